The van der Waals surface area contributed by atoms with Crippen molar-refractivity contribution in [2.75, 3.05) is 16.9 Å². The SMILES string of the molecule is CSc1cccc(NC(=O)Nc2cccc(OC(F)F)c2)c1. The van der Waals surface area contributed by atoms with Crippen LogP contribution >= 0.6 is 11.8 Å². The average molecular weight is 324 g/mol. The number of amides is 2. The summed E-state index contributed by atoms with van der Waals surface area (Å²) in [6.45, 7) is -2.90. The van der Waals surface area contributed by atoms with Gasteiger partial charge in [0, 0.05) is 22.3 Å². The highest BCUT2D eigenvalue weighted by Gasteiger charge is 2.07. The Bertz CT molecular complexity index is 653. The summed E-state index contributed by atoms with van der Waals surface area (Å²) in [7, 11) is 0. The van der Waals surface area contributed by atoms with Crippen LogP contribution in [0.25, 0.3) is 0 Å². The van der Waals surface area contributed by atoms with Crippen molar-refractivity contribution < 1.29 is 18.3 Å². The van der Waals surface area contributed by atoms with E-state index in [4.69, 9.17) is 0 Å². The molecule has 0 aromatic heterocycles. The maximum atomic E-state index is 12.1. The third kappa shape index (κ3) is 4.92. The van der Waals surface area contributed by atoms with E-state index in [0.717, 1.165) is 4.90 Å². The number of hydrogen-bond donors (Lipinski definition) is 2. The molecule has 116 valence electrons. The van der Waals surface area contributed by atoms with Crippen molar-refractivity contribution in [3.8, 4) is 5.75 Å². The second-order valence-corrected chi connectivity index (χ2v) is 5.10. The third-order valence-corrected chi connectivity index (χ3v) is 3.37. The number of nitrogens with one attached hydrogen (secondary N) is 2. The number of hydrogen-bond acceptors (Lipinski definition) is 3. The van der Waals surface area contributed by atoms with Crippen LogP contribution in [0.5, 0.6) is 5.75 Å². The summed E-state index contributed by atoms with van der Waals surface area (Å²) in [6.07, 6.45) is 1.94. The average Bonchev–Trinajstić information content (AvgIpc) is 2.47. The molecule has 4 nitrogen and oxygen atoms in total. The maximum absolute atomic E-state index is 12.1. The van der Waals surface area contributed by atoms with Crippen LogP contribution in [0.2, 0.25) is 0 Å². The molecular weight excluding hydrogens is 310 g/mol. The summed E-state index contributed by atoms with van der Waals surface area (Å²) in [5.74, 6) is -0.0165. The molecule has 0 saturated heterocycles. The molecule has 2 amide bonds. The fourth-order valence-electron chi connectivity index (χ4n) is 1.74. The number of carbonyl (C=O) groups excluding carboxylic acids is 1. The van der Waals surface area contributed by atoms with Gasteiger partial charge in [0.15, 0.2) is 0 Å². The lowest BCUT2D eigenvalue weighted by Crippen LogP contribution is -2.19. The molecule has 0 heterocycles. The zero-order valence-corrected chi connectivity index (χ0v) is 12.5. The summed E-state index contributed by atoms with van der Waals surface area (Å²) in [6, 6.07) is 12.7. The molecule has 2 rings (SSSR count). The standard InChI is InChI=1S/C15H14F2N2O2S/c1-22-13-7-3-5-11(9-13)19-15(20)18-10-4-2-6-12(8-10)21-14(16)17/h2-9,14H,1H3,(H2,18,19,20). The Labute approximate surface area is 130 Å². The van der Waals surface area contributed by atoms with Crippen LogP contribution in [0.4, 0.5) is 25.0 Å². The van der Waals surface area contributed by atoms with Crippen molar-refractivity contribution in [2.24, 2.45) is 0 Å². The van der Waals surface area contributed by atoms with E-state index < -0.39 is 12.6 Å². The van der Waals surface area contributed by atoms with E-state index in [2.05, 4.69) is 15.4 Å². The lowest BCUT2D eigenvalue weighted by Gasteiger charge is -2.10. The molecule has 0 aliphatic rings. The molecule has 0 aliphatic heterocycles. The van der Waals surface area contributed by atoms with E-state index in [1.54, 1.807) is 23.9 Å². The van der Waals surface area contributed by atoms with Crippen molar-refractivity contribution >= 4 is 29.2 Å². The molecule has 0 aliphatic carbocycles. The molecule has 0 fully saturated rings. The molecule has 7 heteroatoms. The maximum Gasteiger partial charge on any atom is 0.387 e. The van der Waals surface area contributed by atoms with Crippen LogP contribution in [0, 0.1) is 0 Å². The fourth-order valence-corrected chi connectivity index (χ4v) is 2.20. The molecule has 2 aromatic carbocycles. The summed E-state index contributed by atoms with van der Waals surface area (Å²) < 4.78 is 28.6. The van der Waals surface area contributed by atoms with E-state index in [1.807, 2.05) is 24.5 Å². The number of anilines is 2. The van der Waals surface area contributed by atoms with Gasteiger partial charge in [-0.1, -0.05) is 12.1 Å². The lowest BCUT2D eigenvalue weighted by molar-refractivity contribution is -0.0497. The Morgan fingerprint density at radius 1 is 1.09 bits per heavy atom. The predicted octanol–water partition coefficient (Wildman–Crippen LogP) is 4.65. The predicted molar refractivity (Wildman–Crippen MR) is 83.9 cm³/mol. The fraction of sp³-hybridized carbons (Fsp3) is 0.133. The quantitative estimate of drug-likeness (QED) is 0.787. The Morgan fingerprint density at radius 3 is 2.36 bits per heavy atom. The third-order valence-electron chi connectivity index (χ3n) is 2.64. The summed E-state index contributed by atoms with van der Waals surface area (Å²) in [5, 5.41) is 5.23. The molecule has 0 radical (unpaired) electrons. The van der Waals surface area contributed by atoms with E-state index in [9.17, 15) is 13.6 Å². The van der Waals surface area contributed by atoms with Gasteiger partial charge in [0.25, 0.3) is 0 Å². The topological polar surface area (TPSA) is 50.4 Å². The van der Waals surface area contributed by atoms with E-state index in [1.165, 1.54) is 18.2 Å². The Hall–Kier alpha value is -2.28. The van der Waals surface area contributed by atoms with Crippen molar-refractivity contribution in [1.29, 1.82) is 0 Å². The summed E-state index contributed by atoms with van der Waals surface area (Å²) in [5.41, 5.74) is 1.00. The van der Waals surface area contributed by atoms with Gasteiger partial charge in [0.05, 0.1) is 0 Å². The van der Waals surface area contributed by atoms with Crippen molar-refractivity contribution in [1.82, 2.24) is 0 Å². The first-order valence-corrected chi connectivity index (χ1v) is 7.56. The second-order valence-electron chi connectivity index (χ2n) is 4.22. The number of benzene rings is 2. The zero-order valence-electron chi connectivity index (χ0n) is 11.7. The highest BCUT2D eigenvalue weighted by molar-refractivity contribution is 7.98. The van der Waals surface area contributed by atoms with E-state index >= 15 is 0 Å². The van der Waals surface area contributed by atoms with Crippen LogP contribution < -0.4 is 15.4 Å². The van der Waals surface area contributed by atoms with Gasteiger partial charge in [-0.2, -0.15) is 8.78 Å². The Morgan fingerprint density at radius 2 is 1.73 bits per heavy atom. The minimum atomic E-state index is -2.90. The van der Waals surface area contributed by atoms with Gasteiger partial charge in [0.1, 0.15) is 5.75 Å². The van der Waals surface area contributed by atoms with Crippen LogP contribution in [-0.2, 0) is 0 Å². The summed E-state index contributed by atoms with van der Waals surface area (Å²) >= 11 is 1.56. The number of thioether (sulfide) groups is 1. The highest BCUT2D eigenvalue weighted by Crippen LogP contribution is 2.21. The van der Waals surface area contributed by atoms with Crippen LogP contribution in [0.1, 0.15) is 0 Å². The molecular formula is C15H14F2N2O2S. The number of rotatable bonds is 5. The molecule has 0 spiro atoms. The Balaban J connectivity index is 1.99. The highest BCUT2D eigenvalue weighted by atomic mass is 32.2. The van der Waals surface area contributed by atoms with Crippen molar-refractivity contribution in [3.05, 3.63) is 48.5 Å². The number of alkyl halides is 2. The van der Waals surface area contributed by atoms with Gasteiger partial charge in [-0.05, 0) is 36.6 Å². The Kier molecular flexibility index (Phi) is 5.60. The minimum Gasteiger partial charge on any atom is -0.435 e. The normalized spacial score (nSPS) is 10.4. The first-order valence-electron chi connectivity index (χ1n) is 6.34. The molecule has 2 aromatic rings. The van der Waals surface area contributed by atoms with Crippen molar-refractivity contribution in [2.45, 2.75) is 11.5 Å². The van der Waals surface area contributed by atoms with Crippen LogP contribution in [0.15, 0.2) is 53.4 Å². The monoisotopic (exact) mass is 324 g/mol. The van der Waals surface area contributed by atoms with Gasteiger partial charge in [-0.3, -0.25) is 0 Å². The molecule has 0 unspecified atom stereocenters. The molecule has 0 bridgehead atoms. The van der Waals surface area contributed by atoms with E-state index in [-0.39, 0.29) is 5.75 Å². The number of halogens is 2. The largest absolute Gasteiger partial charge is 0.435 e. The molecule has 22 heavy (non-hydrogen) atoms. The van der Waals surface area contributed by atoms with Gasteiger partial charge in [-0.25, -0.2) is 4.79 Å². The molecule has 0 atom stereocenters. The minimum absolute atomic E-state index is 0.0165. The number of carbonyl (C=O) groups is 1. The summed E-state index contributed by atoms with van der Waals surface area (Å²) in [4.78, 5) is 12.9. The van der Waals surface area contributed by atoms with Crippen LogP contribution in [0.3, 0.4) is 0 Å². The number of urea groups is 1. The molecule has 0 saturated carbocycles. The first kappa shape index (κ1) is 16.1. The van der Waals surface area contributed by atoms with Gasteiger partial charge in [0.2, 0.25) is 0 Å². The number of ether oxygens (including phenoxy) is 1. The first-order chi connectivity index (χ1) is 10.6. The van der Waals surface area contributed by atoms with E-state index in [0.29, 0.717) is 11.4 Å². The van der Waals surface area contributed by atoms with Gasteiger partial charge in [-0.15, -0.1) is 11.8 Å². The second kappa shape index (κ2) is 7.65. The van der Waals surface area contributed by atoms with Crippen molar-refractivity contribution in [3.63, 3.8) is 0 Å². The van der Waals surface area contributed by atoms with Crippen LogP contribution in [-0.4, -0.2) is 18.9 Å². The molecule has 2 N–H and O–H groups in total. The smallest absolute Gasteiger partial charge is 0.387 e. The van der Waals surface area contributed by atoms with Gasteiger partial charge < -0.3 is 15.4 Å². The lowest BCUT2D eigenvalue weighted by atomic mass is 10.3. The zero-order chi connectivity index (χ0) is 15.9. The van der Waals surface area contributed by atoms with Gasteiger partial charge >= 0.3 is 12.6 Å².